The molecule has 1 N–H and O–H groups in total. The number of hydrogen-bond donors (Lipinski definition) is 1. The van der Waals surface area contributed by atoms with Gasteiger partial charge in [0.25, 0.3) is 0 Å². The van der Waals surface area contributed by atoms with Crippen LogP contribution in [0.5, 0.6) is 0 Å². The van der Waals surface area contributed by atoms with Crippen LogP contribution in [0.15, 0.2) is 0 Å². The molecule has 3 heteroatoms. The first-order chi connectivity index (χ1) is 8.20. The van der Waals surface area contributed by atoms with Crippen LogP contribution in [0, 0.1) is 0 Å². The third-order valence-electron chi connectivity index (χ3n) is 3.43. The molecule has 0 unspecified atom stereocenters. The molecule has 17 heavy (non-hydrogen) atoms. The third-order valence-corrected chi connectivity index (χ3v) is 3.43. The molecule has 0 bridgehead atoms. The van der Waals surface area contributed by atoms with E-state index in [1.807, 2.05) is 6.92 Å². The molecule has 0 aromatic carbocycles. The van der Waals surface area contributed by atoms with E-state index in [-0.39, 0.29) is 12.7 Å². The van der Waals surface area contributed by atoms with Crippen molar-refractivity contribution >= 4 is 0 Å². The molecule has 1 heterocycles. The summed E-state index contributed by atoms with van der Waals surface area (Å²) in [6.07, 6.45) is 9.95. The van der Waals surface area contributed by atoms with Gasteiger partial charge in [0.1, 0.15) is 6.10 Å². The van der Waals surface area contributed by atoms with Gasteiger partial charge in [0.05, 0.1) is 13.2 Å². The number of aliphatic hydroxyl groups is 1. The van der Waals surface area contributed by atoms with E-state index in [1.54, 1.807) is 0 Å². The maximum Gasteiger partial charge on any atom is 0.166 e. The number of aliphatic hydroxyl groups excluding tert-OH is 1. The normalized spacial score (nSPS) is 28.8. The van der Waals surface area contributed by atoms with Crippen LogP contribution in [0.1, 0.15) is 65.2 Å². The average Bonchev–Trinajstić information content (AvgIpc) is 2.70. The molecule has 1 aliphatic heterocycles. The van der Waals surface area contributed by atoms with E-state index in [1.165, 1.54) is 38.5 Å². The zero-order chi connectivity index (χ0) is 12.6. The molecule has 3 nitrogen and oxygen atoms in total. The van der Waals surface area contributed by atoms with Crippen LogP contribution >= 0.6 is 0 Å². The molecule has 102 valence electrons. The van der Waals surface area contributed by atoms with E-state index < -0.39 is 5.79 Å². The Labute approximate surface area is 105 Å². The molecule has 2 atom stereocenters. The van der Waals surface area contributed by atoms with Crippen LogP contribution < -0.4 is 0 Å². The van der Waals surface area contributed by atoms with Crippen LogP contribution in [-0.2, 0) is 9.47 Å². The maximum atomic E-state index is 8.99. The molecule has 0 aromatic heterocycles. The summed E-state index contributed by atoms with van der Waals surface area (Å²) < 4.78 is 11.3. The largest absolute Gasteiger partial charge is 0.394 e. The first kappa shape index (κ1) is 14.9. The number of rotatable bonds is 9. The van der Waals surface area contributed by atoms with Crippen LogP contribution in [-0.4, -0.2) is 30.2 Å². The quantitative estimate of drug-likeness (QED) is 0.633. The van der Waals surface area contributed by atoms with Crippen LogP contribution in [0.2, 0.25) is 0 Å². The highest BCUT2D eigenvalue weighted by atomic mass is 16.7. The summed E-state index contributed by atoms with van der Waals surface area (Å²) in [4.78, 5) is 0. The van der Waals surface area contributed by atoms with E-state index in [9.17, 15) is 0 Å². The zero-order valence-corrected chi connectivity index (χ0v) is 11.4. The molecule has 1 saturated heterocycles. The number of ether oxygens (including phenoxy) is 2. The summed E-state index contributed by atoms with van der Waals surface area (Å²) in [6, 6.07) is 0. The molecule has 0 amide bonds. The lowest BCUT2D eigenvalue weighted by Gasteiger charge is -2.22. The van der Waals surface area contributed by atoms with E-state index in [0.717, 1.165) is 12.8 Å². The Hall–Kier alpha value is -0.120. The summed E-state index contributed by atoms with van der Waals surface area (Å²) in [5.41, 5.74) is 0. The fraction of sp³-hybridized carbons (Fsp3) is 1.00. The third kappa shape index (κ3) is 5.84. The Balaban J connectivity index is 1.99. The van der Waals surface area contributed by atoms with Crippen LogP contribution in [0.4, 0.5) is 0 Å². The molecule has 1 rings (SSSR count). The fourth-order valence-corrected chi connectivity index (χ4v) is 2.31. The van der Waals surface area contributed by atoms with E-state index in [2.05, 4.69) is 6.92 Å². The van der Waals surface area contributed by atoms with Gasteiger partial charge in [0.15, 0.2) is 5.79 Å². The van der Waals surface area contributed by atoms with Gasteiger partial charge < -0.3 is 14.6 Å². The van der Waals surface area contributed by atoms with Crippen LogP contribution in [0.25, 0.3) is 0 Å². The predicted molar refractivity (Wildman–Crippen MR) is 68.9 cm³/mol. The molecule has 0 aliphatic carbocycles. The molecule has 0 saturated carbocycles. The smallest absolute Gasteiger partial charge is 0.166 e. The zero-order valence-electron chi connectivity index (χ0n) is 11.4. The molecule has 0 aromatic rings. The summed E-state index contributed by atoms with van der Waals surface area (Å²) in [6.45, 7) is 4.82. The van der Waals surface area contributed by atoms with Gasteiger partial charge in [-0.05, 0) is 13.3 Å². The molecule has 1 aliphatic rings. The van der Waals surface area contributed by atoms with Crippen molar-refractivity contribution in [1.29, 1.82) is 0 Å². The lowest BCUT2D eigenvalue weighted by Crippen LogP contribution is -2.27. The van der Waals surface area contributed by atoms with E-state index >= 15 is 0 Å². The second kappa shape index (κ2) is 8.06. The van der Waals surface area contributed by atoms with Gasteiger partial charge >= 0.3 is 0 Å². The van der Waals surface area contributed by atoms with Crippen molar-refractivity contribution in [1.82, 2.24) is 0 Å². The molecule has 1 fully saturated rings. The average molecular weight is 244 g/mol. The summed E-state index contributed by atoms with van der Waals surface area (Å²) in [5, 5.41) is 8.99. The van der Waals surface area contributed by atoms with Crippen LogP contribution in [0.3, 0.4) is 0 Å². The Morgan fingerprint density at radius 1 is 1.12 bits per heavy atom. The maximum absolute atomic E-state index is 8.99. The summed E-state index contributed by atoms with van der Waals surface area (Å²) >= 11 is 0. The van der Waals surface area contributed by atoms with Gasteiger partial charge in [-0.15, -0.1) is 0 Å². The minimum Gasteiger partial charge on any atom is -0.394 e. The fourth-order valence-electron chi connectivity index (χ4n) is 2.31. The number of hydrogen-bond acceptors (Lipinski definition) is 3. The minimum atomic E-state index is -0.448. The molecule has 0 radical (unpaired) electrons. The van der Waals surface area contributed by atoms with Gasteiger partial charge in [0, 0.05) is 6.42 Å². The van der Waals surface area contributed by atoms with Crippen molar-refractivity contribution in [3.63, 3.8) is 0 Å². The van der Waals surface area contributed by atoms with E-state index in [4.69, 9.17) is 14.6 Å². The van der Waals surface area contributed by atoms with Crippen molar-refractivity contribution in [2.75, 3.05) is 13.2 Å². The highest BCUT2D eigenvalue weighted by molar-refractivity contribution is 4.74. The molecule has 0 spiro atoms. The monoisotopic (exact) mass is 244 g/mol. The Morgan fingerprint density at radius 3 is 2.35 bits per heavy atom. The standard InChI is InChI=1S/C14H28O3/c1-3-4-5-6-7-8-9-10-14(2)16-12-13(11-15)17-14/h13,15H,3-12H2,1-2H3/t13-,14-/m1/s1. The Bertz CT molecular complexity index is 196. The molecular formula is C14H28O3. The van der Waals surface area contributed by atoms with Gasteiger partial charge in [-0.2, -0.15) is 0 Å². The van der Waals surface area contributed by atoms with E-state index in [0.29, 0.717) is 6.61 Å². The van der Waals surface area contributed by atoms with Crippen molar-refractivity contribution in [2.24, 2.45) is 0 Å². The second-order valence-electron chi connectivity index (χ2n) is 5.24. The summed E-state index contributed by atoms with van der Waals surface area (Å²) in [5.74, 6) is -0.448. The predicted octanol–water partition coefficient (Wildman–Crippen LogP) is 3.25. The van der Waals surface area contributed by atoms with Gasteiger partial charge in [-0.3, -0.25) is 0 Å². The lowest BCUT2D eigenvalue weighted by atomic mass is 10.1. The SMILES string of the molecule is CCCCCCCCC[C@]1(C)OC[C@@H](CO)O1. The minimum absolute atomic E-state index is 0.0621. The van der Waals surface area contributed by atoms with Gasteiger partial charge in [-0.25, -0.2) is 0 Å². The summed E-state index contributed by atoms with van der Waals surface area (Å²) in [7, 11) is 0. The van der Waals surface area contributed by atoms with Gasteiger partial charge in [-0.1, -0.05) is 45.4 Å². The van der Waals surface area contributed by atoms with Crippen molar-refractivity contribution < 1.29 is 14.6 Å². The lowest BCUT2D eigenvalue weighted by molar-refractivity contribution is -0.162. The number of unbranched alkanes of at least 4 members (excludes halogenated alkanes) is 6. The van der Waals surface area contributed by atoms with Crippen molar-refractivity contribution in [3.05, 3.63) is 0 Å². The highest BCUT2D eigenvalue weighted by Gasteiger charge is 2.35. The highest BCUT2D eigenvalue weighted by Crippen LogP contribution is 2.28. The van der Waals surface area contributed by atoms with Crippen molar-refractivity contribution in [3.8, 4) is 0 Å². The Kier molecular flexibility index (Phi) is 7.09. The first-order valence-corrected chi connectivity index (χ1v) is 7.13. The Morgan fingerprint density at radius 2 is 1.76 bits per heavy atom. The van der Waals surface area contributed by atoms with Crippen molar-refractivity contribution in [2.45, 2.75) is 77.1 Å². The first-order valence-electron chi connectivity index (χ1n) is 7.13. The molecular weight excluding hydrogens is 216 g/mol. The second-order valence-corrected chi connectivity index (χ2v) is 5.24. The topological polar surface area (TPSA) is 38.7 Å². The van der Waals surface area contributed by atoms with Gasteiger partial charge in [0.2, 0.25) is 0 Å².